The fourth-order valence-corrected chi connectivity index (χ4v) is 1.23. The Labute approximate surface area is 81.7 Å². The van der Waals surface area contributed by atoms with Gasteiger partial charge >= 0.3 is 0 Å². The van der Waals surface area contributed by atoms with Gasteiger partial charge in [0.05, 0.1) is 6.61 Å². The third-order valence-corrected chi connectivity index (χ3v) is 2.41. The standard InChI is InChI=1S/C11H12F2O/c1-7-2-5-9(11(13)10(7)12)14-6-8-3-4-8/h2,5,8H,3-4,6H2,1H3. The molecule has 2 rings (SSSR count). The molecule has 1 aromatic rings. The summed E-state index contributed by atoms with van der Waals surface area (Å²) in [7, 11) is 0. The lowest BCUT2D eigenvalue weighted by molar-refractivity contribution is 0.280. The lowest BCUT2D eigenvalue weighted by Gasteiger charge is -2.07. The number of rotatable bonds is 3. The largest absolute Gasteiger partial charge is 0.490 e. The summed E-state index contributed by atoms with van der Waals surface area (Å²) in [4.78, 5) is 0. The summed E-state index contributed by atoms with van der Waals surface area (Å²) in [5.41, 5.74) is 0.307. The molecule has 14 heavy (non-hydrogen) atoms. The lowest BCUT2D eigenvalue weighted by Crippen LogP contribution is -2.02. The summed E-state index contributed by atoms with van der Waals surface area (Å²) >= 11 is 0. The van der Waals surface area contributed by atoms with Gasteiger partial charge in [-0.3, -0.25) is 0 Å². The number of ether oxygens (including phenoxy) is 1. The Hall–Kier alpha value is -1.12. The zero-order valence-electron chi connectivity index (χ0n) is 8.02. The Morgan fingerprint density at radius 2 is 2.00 bits per heavy atom. The molecular weight excluding hydrogens is 186 g/mol. The van der Waals surface area contributed by atoms with Crippen molar-refractivity contribution in [2.45, 2.75) is 19.8 Å². The van der Waals surface area contributed by atoms with E-state index < -0.39 is 11.6 Å². The Bertz CT molecular complexity index is 345. The predicted octanol–water partition coefficient (Wildman–Crippen LogP) is 3.06. The summed E-state index contributed by atoms with van der Waals surface area (Å²) in [5, 5.41) is 0. The average Bonchev–Trinajstić information content (AvgIpc) is 2.97. The molecule has 0 atom stereocenters. The van der Waals surface area contributed by atoms with Crippen LogP contribution >= 0.6 is 0 Å². The van der Waals surface area contributed by atoms with Crippen LogP contribution in [0.3, 0.4) is 0 Å². The minimum Gasteiger partial charge on any atom is -0.490 e. The molecule has 1 aromatic carbocycles. The van der Waals surface area contributed by atoms with Gasteiger partial charge < -0.3 is 4.74 Å². The highest BCUT2D eigenvalue weighted by molar-refractivity contribution is 5.30. The number of halogens is 2. The SMILES string of the molecule is Cc1ccc(OCC2CC2)c(F)c1F. The number of hydrogen-bond donors (Lipinski definition) is 0. The van der Waals surface area contributed by atoms with Crippen molar-refractivity contribution in [1.29, 1.82) is 0 Å². The van der Waals surface area contributed by atoms with Crippen LogP contribution in [-0.2, 0) is 0 Å². The van der Waals surface area contributed by atoms with Gasteiger partial charge in [-0.15, -0.1) is 0 Å². The molecule has 0 aliphatic heterocycles. The highest BCUT2D eigenvalue weighted by Gasteiger charge is 2.23. The predicted molar refractivity (Wildman–Crippen MR) is 49.3 cm³/mol. The summed E-state index contributed by atoms with van der Waals surface area (Å²) in [5.74, 6) is -1.11. The molecule has 0 radical (unpaired) electrons. The number of benzene rings is 1. The van der Waals surface area contributed by atoms with Crippen LogP contribution in [0.2, 0.25) is 0 Å². The Balaban J connectivity index is 2.11. The molecule has 1 aliphatic rings. The number of aryl methyl sites for hydroxylation is 1. The first kappa shape index (κ1) is 9.44. The smallest absolute Gasteiger partial charge is 0.200 e. The zero-order chi connectivity index (χ0) is 10.1. The van der Waals surface area contributed by atoms with Crippen LogP contribution in [0.5, 0.6) is 5.75 Å². The van der Waals surface area contributed by atoms with Gasteiger partial charge in [-0.25, -0.2) is 4.39 Å². The molecule has 1 aliphatic carbocycles. The van der Waals surface area contributed by atoms with Gasteiger partial charge in [-0.1, -0.05) is 6.07 Å². The second-order valence-electron chi connectivity index (χ2n) is 3.76. The molecule has 0 bridgehead atoms. The van der Waals surface area contributed by atoms with Crippen molar-refractivity contribution in [3.63, 3.8) is 0 Å². The van der Waals surface area contributed by atoms with Crippen LogP contribution in [0.1, 0.15) is 18.4 Å². The van der Waals surface area contributed by atoms with Crippen molar-refractivity contribution in [2.24, 2.45) is 5.92 Å². The van der Waals surface area contributed by atoms with Gasteiger partial charge in [-0.2, -0.15) is 4.39 Å². The van der Waals surface area contributed by atoms with Gasteiger partial charge in [0.1, 0.15) is 0 Å². The van der Waals surface area contributed by atoms with Gasteiger partial charge in [0, 0.05) is 0 Å². The third kappa shape index (κ3) is 1.86. The summed E-state index contributed by atoms with van der Waals surface area (Å²) in [6.45, 7) is 2.03. The van der Waals surface area contributed by atoms with E-state index in [1.165, 1.54) is 19.1 Å². The minimum atomic E-state index is -0.870. The Morgan fingerprint density at radius 1 is 1.29 bits per heavy atom. The minimum absolute atomic E-state index is 0.0278. The van der Waals surface area contributed by atoms with E-state index in [4.69, 9.17) is 4.74 Å². The van der Waals surface area contributed by atoms with E-state index in [0.717, 1.165) is 12.8 Å². The second kappa shape index (κ2) is 3.56. The van der Waals surface area contributed by atoms with E-state index in [9.17, 15) is 8.78 Å². The first-order valence-corrected chi connectivity index (χ1v) is 4.76. The molecule has 0 amide bonds. The highest BCUT2D eigenvalue weighted by Crippen LogP contribution is 2.30. The van der Waals surface area contributed by atoms with E-state index in [1.807, 2.05) is 0 Å². The lowest BCUT2D eigenvalue weighted by atomic mass is 10.2. The maximum atomic E-state index is 13.2. The van der Waals surface area contributed by atoms with Crippen LogP contribution in [0.25, 0.3) is 0 Å². The maximum Gasteiger partial charge on any atom is 0.200 e. The van der Waals surface area contributed by atoms with Crippen molar-refractivity contribution in [3.8, 4) is 5.75 Å². The maximum absolute atomic E-state index is 13.2. The van der Waals surface area contributed by atoms with Gasteiger partial charge in [-0.05, 0) is 37.3 Å². The molecular formula is C11H12F2O. The van der Waals surface area contributed by atoms with Gasteiger partial charge in [0.2, 0.25) is 5.82 Å². The molecule has 0 aromatic heterocycles. The molecule has 0 spiro atoms. The molecule has 0 saturated heterocycles. The van der Waals surface area contributed by atoms with Crippen molar-refractivity contribution in [2.75, 3.05) is 6.61 Å². The van der Waals surface area contributed by atoms with Crippen molar-refractivity contribution in [3.05, 3.63) is 29.3 Å². The zero-order valence-corrected chi connectivity index (χ0v) is 8.02. The molecule has 3 heteroatoms. The molecule has 1 fully saturated rings. The topological polar surface area (TPSA) is 9.23 Å². The summed E-state index contributed by atoms with van der Waals surface area (Å²) in [6.07, 6.45) is 2.27. The van der Waals surface area contributed by atoms with E-state index in [0.29, 0.717) is 18.1 Å². The van der Waals surface area contributed by atoms with Crippen LogP contribution in [0, 0.1) is 24.5 Å². The Kier molecular flexibility index (Phi) is 2.40. The normalized spacial score (nSPS) is 15.6. The molecule has 0 unspecified atom stereocenters. The van der Waals surface area contributed by atoms with Crippen molar-refractivity contribution < 1.29 is 13.5 Å². The first-order valence-electron chi connectivity index (χ1n) is 4.76. The first-order chi connectivity index (χ1) is 6.68. The average molecular weight is 198 g/mol. The van der Waals surface area contributed by atoms with E-state index in [2.05, 4.69) is 0 Å². The molecule has 0 N–H and O–H groups in total. The van der Waals surface area contributed by atoms with Gasteiger partial charge in [0.15, 0.2) is 11.6 Å². The van der Waals surface area contributed by atoms with Crippen LogP contribution in [0.4, 0.5) is 8.78 Å². The van der Waals surface area contributed by atoms with Crippen LogP contribution in [0.15, 0.2) is 12.1 Å². The van der Waals surface area contributed by atoms with E-state index >= 15 is 0 Å². The van der Waals surface area contributed by atoms with Crippen molar-refractivity contribution >= 4 is 0 Å². The monoisotopic (exact) mass is 198 g/mol. The van der Waals surface area contributed by atoms with Crippen LogP contribution < -0.4 is 4.74 Å². The fraction of sp³-hybridized carbons (Fsp3) is 0.455. The van der Waals surface area contributed by atoms with Crippen molar-refractivity contribution in [1.82, 2.24) is 0 Å². The quantitative estimate of drug-likeness (QED) is 0.725. The molecule has 0 heterocycles. The highest BCUT2D eigenvalue weighted by atomic mass is 19.2. The fourth-order valence-electron chi connectivity index (χ4n) is 1.23. The summed E-state index contributed by atoms with van der Waals surface area (Å²) < 4.78 is 31.5. The summed E-state index contributed by atoms with van der Waals surface area (Å²) in [6, 6.07) is 3.01. The van der Waals surface area contributed by atoms with Crippen LogP contribution in [-0.4, -0.2) is 6.61 Å². The third-order valence-electron chi connectivity index (χ3n) is 2.41. The van der Waals surface area contributed by atoms with Gasteiger partial charge in [0.25, 0.3) is 0 Å². The van der Waals surface area contributed by atoms with E-state index in [1.54, 1.807) is 0 Å². The Morgan fingerprint density at radius 3 is 2.64 bits per heavy atom. The van der Waals surface area contributed by atoms with E-state index in [-0.39, 0.29) is 5.75 Å². The second-order valence-corrected chi connectivity index (χ2v) is 3.76. The molecule has 1 nitrogen and oxygen atoms in total. The molecule has 1 saturated carbocycles. The molecule has 76 valence electrons. The number of hydrogen-bond acceptors (Lipinski definition) is 1.